The van der Waals surface area contributed by atoms with Crippen LogP contribution in [0.1, 0.15) is 69.4 Å². The van der Waals surface area contributed by atoms with Crippen LogP contribution in [0.4, 0.5) is 5.95 Å². The van der Waals surface area contributed by atoms with Gasteiger partial charge in [0.15, 0.2) is 0 Å². The van der Waals surface area contributed by atoms with Crippen molar-refractivity contribution >= 4 is 11.9 Å². The van der Waals surface area contributed by atoms with E-state index < -0.39 is 0 Å². The standard InChI is InChI=1S/C21H31N5O/c1-15(2)23-20-22-10-6-18(24-20)16-7-11-25(12-8-16)19(27)17-9-13-26(14-17)21(3,4)5/h6,9-10,13-16H,7-8,11-12H2,1-5H3,(H,22,23,24). The van der Waals surface area contributed by atoms with E-state index in [0.29, 0.717) is 17.9 Å². The van der Waals surface area contributed by atoms with E-state index in [1.807, 2.05) is 35.6 Å². The van der Waals surface area contributed by atoms with Gasteiger partial charge in [0.1, 0.15) is 0 Å². The molecule has 2 aromatic heterocycles. The van der Waals surface area contributed by atoms with Crippen molar-refractivity contribution < 1.29 is 4.79 Å². The molecular weight excluding hydrogens is 338 g/mol. The molecule has 2 aromatic rings. The maximum atomic E-state index is 12.8. The van der Waals surface area contributed by atoms with Crippen LogP contribution in [0.3, 0.4) is 0 Å². The summed E-state index contributed by atoms with van der Waals surface area (Å²) in [5.74, 6) is 1.19. The van der Waals surface area contributed by atoms with Crippen LogP contribution < -0.4 is 5.32 Å². The Labute approximate surface area is 162 Å². The highest BCUT2D eigenvalue weighted by Gasteiger charge is 2.26. The number of nitrogens with zero attached hydrogens (tertiary/aromatic N) is 4. The van der Waals surface area contributed by atoms with Gasteiger partial charge in [-0.25, -0.2) is 9.97 Å². The van der Waals surface area contributed by atoms with E-state index in [1.165, 1.54) is 0 Å². The van der Waals surface area contributed by atoms with Gasteiger partial charge >= 0.3 is 0 Å². The number of hydrogen-bond donors (Lipinski definition) is 1. The van der Waals surface area contributed by atoms with Crippen molar-refractivity contribution in [1.82, 2.24) is 19.4 Å². The first-order chi connectivity index (χ1) is 12.7. The van der Waals surface area contributed by atoms with E-state index >= 15 is 0 Å². The summed E-state index contributed by atoms with van der Waals surface area (Å²) in [6, 6.07) is 4.23. The molecule has 1 aliphatic heterocycles. The molecule has 0 saturated carbocycles. The Kier molecular flexibility index (Phi) is 5.53. The summed E-state index contributed by atoms with van der Waals surface area (Å²) in [6.45, 7) is 12.1. The van der Waals surface area contributed by atoms with Crippen LogP contribution in [0.2, 0.25) is 0 Å². The van der Waals surface area contributed by atoms with Crippen molar-refractivity contribution in [3.05, 3.63) is 42.0 Å². The first kappa shape index (κ1) is 19.4. The van der Waals surface area contributed by atoms with Crippen LogP contribution in [0.5, 0.6) is 0 Å². The molecule has 1 aliphatic rings. The SMILES string of the molecule is CC(C)Nc1nccc(C2CCN(C(=O)c3ccn(C(C)(C)C)c3)CC2)n1. The van der Waals surface area contributed by atoms with Crippen LogP contribution in [0.15, 0.2) is 30.7 Å². The number of piperidine rings is 1. The minimum atomic E-state index is -0.0136. The fourth-order valence-electron chi connectivity index (χ4n) is 3.43. The summed E-state index contributed by atoms with van der Waals surface area (Å²) >= 11 is 0. The van der Waals surface area contributed by atoms with E-state index in [4.69, 9.17) is 0 Å². The fraction of sp³-hybridized carbons (Fsp3) is 0.571. The minimum absolute atomic E-state index is 0.0136. The fourth-order valence-corrected chi connectivity index (χ4v) is 3.43. The lowest BCUT2D eigenvalue weighted by Gasteiger charge is -2.31. The average molecular weight is 370 g/mol. The topological polar surface area (TPSA) is 63.1 Å². The van der Waals surface area contributed by atoms with E-state index in [9.17, 15) is 4.79 Å². The molecule has 146 valence electrons. The molecular formula is C21H31N5O. The molecule has 3 rings (SSSR count). The molecule has 0 unspecified atom stereocenters. The summed E-state index contributed by atoms with van der Waals surface area (Å²) in [6.07, 6.45) is 7.64. The molecule has 3 heterocycles. The van der Waals surface area contributed by atoms with E-state index in [1.54, 1.807) is 0 Å². The molecule has 0 aliphatic carbocycles. The Morgan fingerprint density at radius 2 is 1.93 bits per heavy atom. The monoisotopic (exact) mass is 369 g/mol. The maximum Gasteiger partial charge on any atom is 0.255 e. The second-order valence-electron chi connectivity index (χ2n) is 8.65. The van der Waals surface area contributed by atoms with Crippen molar-refractivity contribution in [3.8, 4) is 0 Å². The van der Waals surface area contributed by atoms with E-state index in [-0.39, 0.29) is 11.4 Å². The molecule has 1 N–H and O–H groups in total. The zero-order valence-electron chi connectivity index (χ0n) is 17.1. The molecule has 1 fully saturated rings. The molecule has 6 nitrogen and oxygen atoms in total. The lowest BCUT2D eigenvalue weighted by molar-refractivity contribution is 0.0712. The molecule has 0 radical (unpaired) electrons. The summed E-state index contributed by atoms with van der Waals surface area (Å²) in [4.78, 5) is 23.8. The zero-order valence-corrected chi connectivity index (χ0v) is 17.1. The molecule has 0 bridgehead atoms. The van der Waals surface area contributed by atoms with Gasteiger partial charge < -0.3 is 14.8 Å². The lowest BCUT2D eigenvalue weighted by Crippen LogP contribution is -2.38. The Hall–Kier alpha value is -2.37. The van der Waals surface area contributed by atoms with Gasteiger partial charge in [0.2, 0.25) is 5.95 Å². The number of anilines is 1. The summed E-state index contributed by atoms with van der Waals surface area (Å²) in [5, 5.41) is 3.26. The van der Waals surface area contributed by atoms with Crippen molar-refractivity contribution in [2.24, 2.45) is 0 Å². The number of carbonyl (C=O) groups excluding carboxylic acids is 1. The molecule has 1 amide bonds. The minimum Gasteiger partial charge on any atom is -0.352 e. The average Bonchev–Trinajstić information content (AvgIpc) is 3.11. The number of carbonyl (C=O) groups is 1. The van der Waals surface area contributed by atoms with Gasteiger partial charge in [-0.05, 0) is 59.6 Å². The van der Waals surface area contributed by atoms with E-state index in [2.05, 4.69) is 54.5 Å². The second-order valence-corrected chi connectivity index (χ2v) is 8.65. The highest BCUT2D eigenvalue weighted by atomic mass is 16.2. The summed E-state index contributed by atoms with van der Waals surface area (Å²) < 4.78 is 2.09. The molecule has 0 aromatic carbocycles. The normalized spacial score (nSPS) is 16.0. The Bertz CT molecular complexity index is 782. The van der Waals surface area contributed by atoms with Gasteiger partial charge in [-0.3, -0.25) is 4.79 Å². The highest BCUT2D eigenvalue weighted by molar-refractivity contribution is 5.94. The van der Waals surface area contributed by atoms with Crippen molar-refractivity contribution in [2.45, 2.75) is 65.0 Å². The Morgan fingerprint density at radius 3 is 2.52 bits per heavy atom. The third-order valence-electron chi connectivity index (χ3n) is 5.01. The summed E-state index contributed by atoms with van der Waals surface area (Å²) in [7, 11) is 0. The summed E-state index contributed by atoms with van der Waals surface area (Å²) in [5.41, 5.74) is 1.83. The maximum absolute atomic E-state index is 12.8. The Balaban J connectivity index is 1.62. The number of nitrogens with one attached hydrogen (secondary N) is 1. The highest BCUT2D eigenvalue weighted by Crippen LogP contribution is 2.28. The predicted octanol–water partition coefficient (Wildman–Crippen LogP) is 3.87. The number of amides is 1. The molecule has 0 spiro atoms. The predicted molar refractivity (Wildman–Crippen MR) is 108 cm³/mol. The van der Waals surface area contributed by atoms with Crippen LogP contribution in [-0.4, -0.2) is 44.5 Å². The van der Waals surface area contributed by atoms with E-state index in [0.717, 1.165) is 37.2 Å². The molecule has 1 saturated heterocycles. The van der Waals surface area contributed by atoms with Gasteiger partial charge in [0.25, 0.3) is 5.91 Å². The molecule has 0 atom stereocenters. The first-order valence-corrected chi connectivity index (χ1v) is 9.81. The second kappa shape index (κ2) is 7.71. The zero-order chi connectivity index (χ0) is 19.6. The molecule has 27 heavy (non-hydrogen) atoms. The molecule has 6 heteroatoms. The lowest BCUT2D eigenvalue weighted by atomic mass is 9.93. The number of hydrogen-bond acceptors (Lipinski definition) is 4. The van der Waals surface area contributed by atoms with Crippen LogP contribution in [0, 0.1) is 0 Å². The largest absolute Gasteiger partial charge is 0.352 e. The third kappa shape index (κ3) is 4.67. The van der Waals surface area contributed by atoms with Gasteiger partial charge in [-0.2, -0.15) is 0 Å². The van der Waals surface area contributed by atoms with Gasteiger partial charge in [-0.15, -0.1) is 0 Å². The third-order valence-corrected chi connectivity index (χ3v) is 5.01. The van der Waals surface area contributed by atoms with Crippen LogP contribution in [-0.2, 0) is 5.54 Å². The Morgan fingerprint density at radius 1 is 1.22 bits per heavy atom. The van der Waals surface area contributed by atoms with Crippen molar-refractivity contribution in [2.75, 3.05) is 18.4 Å². The first-order valence-electron chi connectivity index (χ1n) is 9.81. The van der Waals surface area contributed by atoms with Crippen LogP contribution in [0.25, 0.3) is 0 Å². The van der Waals surface area contributed by atoms with Gasteiger partial charge in [0, 0.05) is 54.9 Å². The van der Waals surface area contributed by atoms with Crippen molar-refractivity contribution in [3.63, 3.8) is 0 Å². The number of aromatic nitrogens is 3. The van der Waals surface area contributed by atoms with Gasteiger partial charge in [-0.1, -0.05) is 0 Å². The van der Waals surface area contributed by atoms with Gasteiger partial charge in [0.05, 0.1) is 5.56 Å². The number of rotatable bonds is 4. The number of likely N-dealkylation sites (tertiary alicyclic amines) is 1. The quantitative estimate of drug-likeness (QED) is 0.888. The smallest absolute Gasteiger partial charge is 0.255 e. The van der Waals surface area contributed by atoms with Crippen molar-refractivity contribution in [1.29, 1.82) is 0 Å². The van der Waals surface area contributed by atoms with Crippen LogP contribution >= 0.6 is 0 Å².